The number of aromatic nitrogens is 3. The van der Waals surface area contributed by atoms with Crippen molar-refractivity contribution in [1.82, 2.24) is 25.0 Å². The Morgan fingerprint density at radius 3 is 2.89 bits per heavy atom. The van der Waals surface area contributed by atoms with Crippen molar-refractivity contribution in [3.63, 3.8) is 0 Å². The van der Waals surface area contributed by atoms with Crippen LogP contribution in [0.25, 0.3) is 0 Å². The number of carbonyl (C=O) groups excluding carboxylic acids is 2. The van der Waals surface area contributed by atoms with Crippen LogP contribution in [0.2, 0.25) is 0 Å². The Morgan fingerprint density at radius 2 is 2.11 bits per heavy atom. The maximum atomic E-state index is 13.1. The van der Waals surface area contributed by atoms with Gasteiger partial charge in [0.05, 0.1) is 5.41 Å². The first-order valence-electron chi connectivity index (χ1n) is 9.26. The zero-order valence-electron chi connectivity index (χ0n) is 15.7. The summed E-state index contributed by atoms with van der Waals surface area (Å²) < 4.78 is 1.84. The second kappa shape index (κ2) is 6.68. The van der Waals surface area contributed by atoms with Crippen LogP contribution in [0, 0.1) is 0 Å². The number of rotatable bonds is 3. The topological polar surface area (TPSA) is 83.4 Å². The maximum absolute atomic E-state index is 13.1. The summed E-state index contributed by atoms with van der Waals surface area (Å²) in [6.07, 6.45) is 3.84. The number of piperidine rings is 1. The van der Waals surface area contributed by atoms with Crippen molar-refractivity contribution in [2.45, 2.75) is 24.7 Å². The fourth-order valence-electron chi connectivity index (χ4n) is 4.27. The van der Waals surface area contributed by atoms with Gasteiger partial charge in [-0.2, -0.15) is 0 Å². The third-order valence-corrected chi connectivity index (χ3v) is 5.70. The second-order valence-corrected chi connectivity index (χ2v) is 7.33. The molecule has 0 aliphatic carbocycles. The summed E-state index contributed by atoms with van der Waals surface area (Å²) in [6, 6.07) is 7.78. The molecule has 1 aromatic carbocycles. The zero-order valence-corrected chi connectivity index (χ0v) is 15.7. The van der Waals surface area contributed by atoms with Gasteiger partial charge in [0, 0.05) is 45.8 Å². The van der Waals surface area contributed by atoms with E-state index in [4.69, 9.17) is 0 Å². The Bertz CT molecular complexity index is 879. The number of carbonyl (C=O) groups is 2. The molecule has 8 nitrogen and oxygen atoms in total. The van der Waals surface area contributed by atoms with E-state index in [-0.39, 0.29) is 11.9 Å². The third kappa shape index (κ3) is 2.85. The number of aryl methyl sites for hydroxylation is 1. The maximum Gasteiger partial charge on any atom is 0.317 e. The van der Waals surface area contributed by atoms with Crippen molar-refractivity contribution in [1.29, 1.82) is 0 Å². The van der Waals surface area contributed by atoms with Crippen molar-refractivity contribution in [2.75, 3.05) is 31.6 Å². The van der Waals surface area contributed by atoms with Crippen LogP contribution in [0.4, 0.5) is 10.5 Å². The minimum Gasteiger partial charge on any atom is -0.338 e. The van der Waals surface area contributed by atoms with Gasteiger partial charge >= 0.3 is 6.03 Å². The number of fused-ring (bicyclic) bond motifs is 2. The van der Waals surface area contributed by atoms with Gasteiger partial charge in [-0.3, -0.25) is 4.79 Å². The molecule has 0 unspecified atom stereocenters. The van der Waals surface area contributed by atoms with Crippen LogP contribution in [0.15, 0.2) is 30.6 Å². The first-order chi connectivity index (χ1) is 13.0. The number of likely N-dealkylation sites (tertiary alicyclic amines) is 1. The van der Waals surface area contributed by atoms with Crippen LogP contribution < -0.4 is 10.2 Å². The van der Waals surface area contributed by atoms with Gasteiger partial charge in [-0.15, -0.1) is 10.2 Å². The number of hydrogen-bond donors (Lipinski definition) is 1. The molecule has 3 amide bonds. The zero-order chi connectivity index (χ0) is 19.0. The normalized spacial score (nSPS) is 21.6. The molecule has 4 rings (SSSR count). The lowest BCUT2D eigenvalue weighted by Crippen LogP contribution is -2.55. The van der Waals surface area contributed by atoms with E-state index in [0.29, 0.717) is 26.1 Å². The van der Waals surface area contributed by atoms with E-state index in [9.17, 15) is 9.59 Å². The largest absolute Gasteiger partial charge is 0.338 e. The lowest BCUT2D eigenvalue weighted by Gasteiger charge is -2.39. The number of nitrogens with one attached hydrogen (secondary N) is 1. The third-order valence-electron chi connectivity index (χ3n) is 5.70. The molecule has 2 aliphatic heterocycles. The van der Waals surface area contributed by atoms with E-state index in [1.807, 2.05) is 42.9 Å². The number of benzene rings is 1. The molecule has 1 saturated heterocycles. The van der Waals surface area contributed by atoms with Gasteiger partial charge in [-0.05, 0) is 24.5 Å². The van der Waals surface area contributed by atoms with Gasteiger partial charge in [0.25, 0.3) is 0 Å². The highest BCUT2D eigenvalue weighted by Crippen LogP contribution is 2.46. The molecule has 2 aliphatic rings. The lowest BCUT2D eigenvalue weighted by molar-refractivity contribution is -0.124. The number of anilines is 1. The molecule has 3 heterocycles. The quantitative estimate of drug-likeness (QED) is 0.879. The number of para-hydroxylation sites is 1. The SMILES string of the molecule is CN1C(=O)[C@]2(CCCN(C(=O)NCCc3nncn3C)C2)c2ccccc21. The van der Waals surface area contributed by atoms with Crippen LogP contribution >= 0.6 is 0 Å². The minimum atomic E-state index is -0.621. The molecule has 0 bridgehead atoms. The van der Waals surface area contributed by atoms with Crippen molar-refractivity contribution in [3.05, 3.63) is 42.0 Å². The molecule has 1 spiro atoms. The van der Waals surface area contributed by atoms with Crippen LogP contribution in [-0.4, -0.2) is 58.3 Å². The molecule has 0 saturated carbocycles. The van der Waals surface area contributed by atoms with Crippen molar-refractivity contribution >= 4 is 17.6 Å². The highest BCUT2D eigenvalue weighted by Gasteiger charge is 2.52. The Kier molecular flexibility index (Phi) is 4.33. The predicted octanol–water partition coefficient (Wildman–Crippen LogP) is 1.08. The Balaban J connectivity index is 1.46. The Morgan fingerprint density at radius 1 is 1.30 bits per heavy atom. The predicted molar refractivity (Wildman–Crippen MR) is 100 cm³/mol. The monoisotopic (exact) mass is 368 g/mol. The van der Waals surface area contributed by atoms with E-state index < -0.39 is 5.41 Å². The summed E-state index contributed by atoms with van der Waals surface area (Å²) in [5.74, 6) is 0.909. The van der Waals surface area contributed by atoms with Crippen LogP contribution in [0.1, 0.15) is 24.2 Å². The van der Waals surface area contributed by atoms with E-state index in [1.165, 1.54) is 0 Å². The Labute approximate surface area is 158 Å². The molecule has 142 valence electrons. The summed E-state index contributed by atoms with van der Waals surface area (Å²) in [5.41, 5.74) is 1.37. The second-order valence-electron chi connectivity index (χ2n) is 7.33. The molecule has 27 heavy (non-hydrogen) atoms. The fourth-order valence-corrected chi connectivity index (χ4v) is 4.27. The van der Waals surface area contributed by atoms with Gasteiger partial charge in [0.15, 0.2) is 0 Å². The number of amides is 3. The van der Waals surface area contributed by atoms with E-state index in [2.05, 4.69) is 15.5 Å². The average molecular weight is 368 g/mol. The highest BCUT2D eigenvalue weighted by atomic mass is 16.2. The molecule has 1 N–H and O–H groups in total. The average Bonchev–Trinajstić information content (AvgIpc) is 3.18. The van der Waals surface area contributed by atoms with Gasteiger partial charge in [-0.1, -0.05) is 18.2 Å². The van der Waals surface area contributed by atoms with Crippen LogP contribution in [0.5, 0.6) is 0 Å². The Hall–Kier alpha value is -2.90. The molecule has 1 fully saturated rings. The lowest BCUT2D eigenvalue weighted by atomic mass is 9.75. The summed E-state index contributed by atoms with van der Waals surface area (Å²) in [7, 11) is 3.70. The molecular weight excluding hydrogens is 344 g/mol. The molecule has 1 aromatic heterocycles. The molecule has 8 heteroatoms. The van der Waals surface area contributed by atoms with E-state index in [0.717, 1.165) is 29.9 Å². The fraction of sp³-hybridized carbons (Fsp3) is 0.474. The van der Waals surface area contributed by atoms with Gasteiger partial charge in [0.2, 0.25) is 5.91 Å². The highest BCUT2D eigenvalue weighted by molar-refractivity contribution is 6.08. The van der Waals surface area contributed by atoms with Crippen molar-refractivity contribution < 1.29 is 9.59 Å². The standard InChI is InChI=1S/C19H24N6O2/c1-23-13-21-22-16(23)8-10-20-18(27)25-11-5-9-19(12-25)14-6-3-4-7-15(14)24(2)17(19)26/h3-4,6-7,13H,5,8-12H2,1-2H3,(H,20,27)/t19-/m0/s1. The van der Waals surface area contributed by atoms with Crippen LogP contribution in [0.3, 0.4) is 0 Å². The number of urea groups is 1. The number of likely N-dealkylation sites (N-methyl/N-ethyl adjacent to an activating group) is 1. The molecule has 2 aromatic rings. The molecular formula is C19H24N6O2. The van der Waals surface area contributed by atoms with Crippen molar-refractivity contribution in [2.24, 2.45) is 7.05 Å². The van der Waals surface area contributed by atoms with Crippen LogP contribution in [-0.2, 0) is 23.7 Å². The summed E-state index contributed by atoms with van der Waals surface area (Å²) >= 11 is 0. The van der Waals surface area contributed by atoms with Gasteiger partial charge < -0.3 is 19.7 Å². The first-order valence-corrected chi connectivity index (χ1v) is 9.26. The number of nitrogens with zero attached hydrogens (tertiary/aromatic N) is 5. The molecule has 0 radical (unpaired) electrons. The minimum absolute atomic E-state index is 0.0836. The van der Waals surface area contributed by atoms with Gasteiger partial charge in [0.1, 0.15) is 12.2 Å². The summed E-state index contributed by atoms with van der Waals surface area (Å²) in [5, 5.41) is 10.8. The van der Waals surface area contributed by atoms with E-state index >= 15 is 0 Å². The summed E-state index contributed by atoms with van der Waals surface area (Å²) in [4.78, 5) is 29.3. The van der Waals surface area contributed by atoms with Gasteiger partial charge in [-0.25, -0.2) is 4.79 Å². The number of hydrogen-bond acceptors (Lipinski definition) is 4. The van der Waals surface area contributed by atoms with E-state index in [1.54, 1.807) is 16.1 Å². The van der Waals surface area contributed by atoms with Crippen molar-refractivity contribution in [3.8, 4) is 0 Å². The smallest absolute Gasteiger partial charge is 0.317 e. The first kappa shape index (κ1) is 17.5. The molecule has 1 atom stereocenters. The summed E-state index contributed by atoms with van der Waals surface area (Å²) in [6.45, 7) is 1.57.